The molecule has 0 atom stereocenters. The number of anilines is 1. The van der Waals surface area contributed by atoms with E-state index in [2.05, 4.69) is 32.5 Å². The number of rotatable bonds is 4. The van der Waals surface area contributed by atoms with E-state index in [0.29, 0.717) is 36.7 Å². The molecule has 0 radical (unpaired) electrons. The lowest BCUT2D eigenvalue weighted by atomic mass is 9.46. The van der Waals surface area contributed by atoms with Crippen molar-refractivity contribution < 1.29 is 9.13 Å². The fourth-order valence-electron chi connectivity index (χ4n) is 4.26. The quantitative estimate of drug-likeness (QED) is 0.672. The molecule has 0 unspecified atom stereocenters. The first kappa shape index (κ1) is 18.6. The number of nitrogens with one attached hydrogen (secondary N) is 1. The Kier molecular flexibility index (Phi) is 4.83. The molecule has 1 N–H and O–H groups in total. The summed E-state index contributed by atoms with van der Waals surface area (Å²) in [5.74, 6) is 3.44. The summed E-state index contributed by atoms with van der Waals surface area (Å²) in [6.07, 6.45) is 9.69. The SMILES string of the molecule is N#CB1CCC=C(c2cnc(NCc3c(F)ccc4c3CCO4)n3cnnc23)CC1. The monoisotopic (exact) mass is 402 g/mol. The molecule has 3 aromatic rings. The Bertz CT molecular complexity index is 1180. The molecule has 0 amide bonds. The first-order valence-corrected chi connectivity index (χ1v) is 10.2. The average Bonchev–Trinajstić information content (AvgIpc) is 3.38. The number of aromatic nitrogens is 4. The molecule has 0 saturated carbocycles. The van der Waals surface area contributed by atoms with E-state index < -0.39 is 0 Å². The Morgan fingerprint density at radius 1 is 1.30 bits per heavy atom. The Hall–Kier alpha value is -3.41. The van der Waals surface area contributed by atoms with Gasteiger partial charge in [0.2, 0.25) is 5.95 Å². The molecule has 0 saturated heterocycles. The second kappa shape index (κ2) is 7.79. The fraction of sp³-hybridized carbons (Fsp3) is 0.333. The van der Waals surface area contributed by atoms with Crippen LogP contribution in [0, 0.1) is 17.0 Å². The number of halogens is 1. The number of nitrogens with zero attached hydrogens (tertiary/aromatic N) is 5. The van der Waals surface area contributed by atoms with E-state index in [0.717, 1.165) is 47.9 Å². The summed E-state index contributed by atoms with van der Waals surface area (Å²) in [5, 5.41) is 20.8. The van der Waals surface area contributed by atoms with E-state index in [-0.39, 0.29) is 12.5 Å². The maximum absolute atomic E-state index is 14.4. The Morgan fingerprint density at radius 2 is 2.23 bits per heavy atom. The molecule has 1 aromatic carbocycles. The van der Waals surface area contributed by atoms with Gasteiger partial charge in [0.1, 0.15) is 17.9 Å². The van der Waals surface area contributed by atoms with Crippen molar-refractivity contribution in [3.63, 3.8) is 0 Å². The zero-order valence-corrected chi connectivity index (χ0v) is 16.4. The lowest BCUT2D eigenvalue weighted by molar-refractivity contribution is 0.356. The van der Waals surface area contributed by atoms with Crippen molar-refractivity contribution in [2.45, 2.75) is 38.4 Å². The van der Waals surface area contributed by atoms with Crippen molar-refractivity contribution in [2.75, 3.05) is 11.9 Å². The summed E-state index contributed by atoms with van der Waals surface area (Å²) >= 11 is 0. The van der Waals surface area contributed by atoms with Crippen LogP contribution in [0.5, 0.6) is 5.75 Å². The molecule has 150 valence electrons. The van der Waals surface area contributed by atoms with Crippen LogP contribution >= 0.6 is 0 Å². The molecule has 30 heavy (non-hydrogen) atoms. The van der Waals surface area contributed by atoms with Crippen molar-refractivity contribution in [3.05, 3.63) is 53.2 Å². The van der Waals surface area contributed by atoms with Crippen LogP contribution in [0.15, 0.2) is 30.7 Å². The highest BCUT2D eigenvalue weighted by Gasteiger charge is 2.22. The third-order valence-corrected chi connectivity index (χ3v) is 5.89. The third kappa shape index (κ3) is 3.28. The van der Waals surface area contributed by atoms with Crippen molar-refractivity contribution in [1.29, 1.82) is 5.26 Å². The molecule has 7 nitrogen and oxygen atoms in total. The first-order valence-electron chi connectivity index (χ1n) is 10.2. The summed E-state index contributed by atoms with van der Waals surface area (Å²) in [6, 6.07) is 3.13. The van der Waals surface area contributed by atoms with Gasteiger partial charge in [-0.2, -0.15) is 0 Å². The predicted octanol–water partition coefficient (Wildman–Crippen LogP) is 3.55. The highest BCUT2D eigenvalue weighted by molar-refractivity contribution is 6.67. The van der Waals surface area contributed by atoms with Gasteiger partial charge in [-0.1, -0.05) is 18.7 Å². The molecule has 0 fully saturated rings. The largest absolute Gasteiger partial charge is 0.493 e. The topological polar surface area (TPSA) is 88.1 Å². The molecule has 2 aromatic heterocycles. The van der Waals surface area contributed by atoms with E-state index in [1.807, 2.05) is 0 Å². The Labute approximate surface area is 173 Å². The van der Waals surface area contributed by atoms with Crippen LogP contribution in [0.2, 0.25) is 12.6 Å². The normalized spacial score (nSPS) is 15.9. The number of ether oxygens (including phenoxy) is 1. The highest BCUT2D eigenvalue weighted by Crippen LogP contribution is 2.32. The van der Waals surface area contributed by atoms with Crippen LogP contribution < -0.4 is 10.1 Å². The van der Waals surface area contributed by atoms with E-state index in [4.69, 9.17) is 4.74 Å². The Morgan fingerprint density at radius 3 is 3.13 bits per heavy atom. The minimum Gasteiger partial charge on any atom is -0.493 e. The number of benzene rings is 1. The molecule has 2 aliphatic heterocycles. The van der Waals surface area contributed by atoms with Crippen LogP contribution in [0.25, 0.3) is 11.2 Å². The molecule has 4 heterocycles. The van der Waals surface area contributed by atoms with Crippen LogP contribution in [-0.2, 0) is 13.0 Å². The maximum atomic E-state index is 14.4. The molecular weight excluding hydrogens is 382 g/mol. The van der Waals surface area contributed by atoms with Crippen LogP contribution in [-0.4, -0.2) is 32.9 Å². The third-order valence-electron chi connectivity index (χ3n) is 5.89. The van der Waals surface area contributed by atoms with Gasteiger partial charge in [0.05, 0.1) is 6.61 Å². The number of nitriles is 1. The van der Waals surface area contributed by atoms with Gasteiger partial charge in [-0.25, -0.2) is 14.6 Å². The molecule has 0 bridgehead atoms. The van der Waals surface area contributed by atoms with Gasteiger partial charge in [-0.15, -0.1) is 10.2 Å². The van der Waals surface area contributed by atoms with Crippen LogP contribution in [0.3, 0.4) is 0 Å². The van der Waals surface area contributed by atoms with Crippen molar-refractivity contribution in [2.24, 2.45) is 0 Å². The van der Waals surface area contributed by atoms with Gasteiger partial charge >= 0.3 is 0 Å². The zero-order valence-electron chi connectivity index (χ0n) is 16.4. The molecule has 2 aliphatic rings. The smallest absolute Gasteiger partial charge is 0.268 e. The lowest BCUT2D eigenvalue weighted by Gasteiger charge is -2.13. The van der Waals surface area contributed by atoms with E-state index in [1.165, 1.54) is 6.07 Å². The molecular formula is C21H20BFN6O. The number of hydrogen-bond donors (Lipinski definition) is 1. The number of allylic oxidation sites excluding steroid dienone is 2. The van der Waals surface area contributed by atoms with Gasteiger partial charge in [0, 0.05) is 41.8 Å². The predicted molar refractivity (Wildman–Crippen MR) is 112 cm³/mol. The van der Waals surface area contributed by atoms with Gasteiger partial charge in [0.15, 0.2) is 5.65 Å². The zero-order chi connectivity index (χ0) is 20.5. The fourth-order valence-corrected chi connectivity index (χ4v) is 4.26. The summed E-state index contributed by atoms with van der Waals surface area (Å²) < 4.78 is 21.8. The van der Waals surface area contributed by atoms with Crippen molar-refractivity contribution >= 4 is 23.9 Å². The summed E-state index contributed by atoms with van der Waals surface area (Å²) in [6.45, 7) is 0.966. The summed E-state index contributed by atoms with van der Waals surface area (Å²) in [7, 11) is 0. The van der Waals surface area contributed by atoms with Gasteiger partial charge in [0.25, 0.3) is 6.71 Å². The van der Waals surface area contributed by atoms with Crippen LogP contribution in [0.4, 0.5) is 10.3 Å². The van der Waals surface area contributed by atoms with Gasteiger partial charge < -0.3 is 10.1 Å². The summed E-state index contributed by atoms with van der Waals surface area (Å²) in [4.78, 5) is 4.57. The van der Waals surface area contributed by atoms with Crippen molar-refractivity contribution in [3.8, 4) is 11.7 Å². The minimum atomic E-state index is -0.251. The molecule has 0 aliphatic carbocycles. The van der Waals surface area contributed by atoms with Gasteiger partial charge in [-0.05, 0) is 30.5 Å². The second-order valence-electron chi connectivity index (χ2n) is 7.65. The van der Waals surface area contributed by atoms with Gasteiger partial charge in [-0.3, -0.25) is 4.40 Å². The maximum Gasteiger partial charge on any atom is 0.268 e. The minimum absolute atomic E-state index is 0.0908. The first-order chi connectivity index (χ1) is 14.7. The second-order valence-corrected chi connectivity index (χ2v) is 7.65. The van der Waals surface area contributed by atoms with Crippen LogP contribution in [0.1, 0.15) is 29.5 Å². The molecule has 0 spiro atoms. The van der Waals surface area contributed by atoms with E-state index in [9.17, 15) is 9.65 Å². The van der Waals surface area contributed by atoms with E-state index in [1.54, 1.807) is 23.0 Å². The Balaban J connectivity index is 1.42. The number of hydrogen-bond acceptors (Lipinski definition) is 6. The summed E-state index contributed by atoms with van der Waals surface area (Å²) in [5.41, 5.74) is 4.29. The van der Waals surface area contributed by atoms with Crippen molar-refractivity contribution in [1.82, 2.24) is 19.6 Å². The number of fused-ring (bicyclic) bond motifs is 2. The highest BCUT2D eigenvalue weighted by atomic mass is 19.1. The van der Waals surface area contributed by atoms with E-state index >= 15 is 0 Å². The lowest BCUT2D eigenvalue weighted by Crippen LogP contribution is -2.10. The standard InChI is InChI=1S/C21H20BFN6O/c23-18-3-4-19-15(6-9-30-19)17(18)11-26-21-25-10-16(20-28-27-13-29(20)21)14-2-1-7-22(12-24)8-5-14/h2-4,10,13H,1,5-9,11H2,(H,25,26). The molecule has 5 rings (SSSR count). The average molecular weight is 402 g/mol. The molecule has 9 heteroatoms.